The number of hydrogen-bond acceptors (Lipinski definition) is 4. The molecule has 1 aliphatic rings. The van der Waals surface area contributed by atoms with Crippen molar-refractivity contribution in [3.63, 3.8) is 0 Å². The second-order valence-corrected chi connectivity index (χ2v) is 6.65. The Balaban J connectivity index is 1.73. The van der Waals surface area contributed by atoms with E-state index in [0.29, 0.717) is 23.7 Å². The molecule has 0 unspecified atom stereocenters. The molecule has 120 valence electrons. The Hall–Kier alpha value is -1.92. The van der Waals surface area contributed by atoms with E-state index < -0.39 is 12.0 Å². The molecule has 5 nitrogen and oxygen atoms in total. The van der Waals surface area contributed by atoms with E-state index in [0.717, 1.165) is 17.0 Å². The third-order valence-electron chi connectivity index (χ3n) is 3.85. The Morgan fingerprint density at radius 1 is 1.39 bits per heavy atom. The largest absolute Gasteiger partial charge is 0.480 e. The summed E-state index contributed by atoms with van der Waals surface area (Å²) in [5.74, 6) is -1.13. The van der Waals surface area contributed by atoms with E-state index in [1.165, 1.54) is 16.2 Å². The molecular formula is C16H15ClN2O3S. The van der Waals surface area contributed by atoms with Crippen molar-refractivity contribution in [3.8, 4) is 10.6 Å². The minimum Gasteiger partial charge on any atom is -0.480 e. The van der Waals surface area contributed by atoms with Crippen molar-refractivity contribution in [3.05, 3.63) is 40.4 Å². The number of hydrogen-bond donors (Lipinski definition) is 1. The quantitative estimate of drug-likeness (QED) is 0.919. The second-order valence-electron chi connectivity index (χ2n) is 5.38. The van der Waals surface area contributed by atoms with Crippen molar-refractivity contribution in [2.24, 2.45) is 0 Å². The molecule has 1 aliphatic heterocycles. The van der Waals surface area contributed by atoms with Gasteiger partial charge in [-0.2, -0.15) is 0 Å². The van der Waals surface area contributed by atoms with E-state index in [1.54, 1.807) is 6.07 Å². The van der Waals surface area contributed by atoms with E-state index in [1.807, 2.05) is 23.6 Å². The Labute approximate surface area is 142 Å². The second kappa shape index (κ2) is 6.68. The molecule has 1 amide bonds. The molecule has 0 spiro atoms. The van der Waals surface area contributed by atoms with Crippen LogP contribution in [0.4, 0.5) is 0 Å². The fraction of sp³-hybridized carbons (Fsp3) is 0.312. The smallest absolute Gasteiger partial charge is 0.326 e. The fourth-order valence-corrected chi connectivity index (χ4v) is 3.86. The Morgan fingerprint density at radius 2 is 2.17 bits per heavy atom. The van der Waals surface area contributed by atoms with Crippen molar-refractivity contribution in [1.29, 1.82) is 0 Å². The van der Waals surface area contributed by atoms with Crippen LogP contribution < -0.4 is 0 Å². The molecule has 1 saturated heterocycles. The van der Waals surface area contributed by atoms with Crippen LogP contribution in [0.15, 0.2) is 29.6 Å². The van der Waals surface area contributed by atoms with Gasteiger partial charge in [0.05, 0.1) is 17.1 Å². The molecule has 0 aliphatic carbocycles. The van der Waals surface area contributed by atoms with Crippen molar-refractivity contribution in [2.75, 3.05) is 6.54 Å². The number of rotatable bonds is 4. The van der Waals surface area contributed by atoms with Crippen molar-refractivity contribution in [2.45, 2.75) is 25.3 Å². The normalized spacial score (nSPS) is 17.4. The van der Waals surface area contributed by atoms with Crippen LogP contribution in [0.1, 0.15) is 18.5 Å². The van der Waals surface area contributed by atoms with E-state index in [4.69, 9.17) is 16.7 Å². The summed E-state index contributed by atoms with van der Waals surface area (Å²) in [6, 6.07) is 6.71. The Bertz CT molecular complexity index is 746. The van der Waals surface area contributed by atoms with Crippen molar-refractivity contribution < 1.29 is 14.7 Å². The first-order valence-corrected chi connectivity index (χ1v) is 8.53. The molecule has 1 aromatic heterocycles. The molecule has 2 aromatic rings. The molecule has 1 fully saturated rings. The first-order valence-electron chi connectivity index (χ1n) is 7.28. The van der Waals surface area contributed by atoms with Gasteiger partial charge < -0.3 is 10.0 Å². The van der Waals surface area contributed by atoms with Gasteiger partial charge in [-0.15, -0.1) is 11.3 Å². The van der Waals surface area contributed by atoms with E-state index in [2.05, 4.69) is 4.98 Å². The molecule has 0 saturated carbocycles. The predicted molar refractivity (Wildman–Crippen MR) is 88.6 cm³/mol. The van der Waals surface area contributed by atoms with Gasteiger partial charge in [-0.3, -0.25) is 4.79 Å². The van der Waals surface area contributed by atoms with Crippen LogP contribution in [0.3, 0.4) is 0 Å². The molecule has 0 radical (unpaired) electrons. The molecular weight excluding hydrogens is 336 g/mol. The van der Waals surface area contributed by atoms with Gasteiger partial charge in [0.25, 0.3) is 0 Å². The molecule has 1 atom stereocenters. The average Bonchev–Trinajstić information content (AvgIpc) is 3.16. The number of thiazole rings is 1. The topological polar surface area (TPSA) is 70.5 Å². The standard InChI is InChI=1S/C16H15ClN2O3S/c17-12-5-2-1-4-11(12)15-18-10(9-23-15)8-14(20)19-7-3-6-13(19)16(21)22/h1-2,4-5,9,13H,3,6-8H2,(H,21,22)/t13-/m0/s1. The van der Waals surface area contributed by atoms with Gasteiger partial charge in [0.15, 0.2) is 0 Å². The lowest BCUT2D eigenvalue weighted by Gasteiger charge is -2.20. The van der Waals surface area contributed by atoms with Crippen LogP contribution in [0.25, 0.3) is 10.6 Å². The highest BCUT2D eigenvalue weighted by atomic mass is 35.5. The number of aliphatic carboxylic acids is 1. The number of amides is 1. The van der Waals surface area contributed by atoms with Crippen LogP contribution in [-0.4, -0.2) is 39.5 Å². The van der Waals surface area contributed by atoms with Crippen LogP contribution in [0.5, 0.6) is 0 Å². The number of carboxylic acid groups (broad SMARTS) is 1. The summed E-state index contributed by atoms with van der Waals surface area (Å²) in [6.45, 7) is 0.497. The van der Waals surface area contributed by atoms with Gasteiger partial charge >= 0.3 is 5.97 Å². The summed E-state index contributed by atoms with van der Waals surface area (Å²) in [6.07, 6.45) is 1.36. The lowest BCUT2D eigenvalue weighted by Crippen LogP contribution is -2.41. The summed E-state index contributed by atoms with van der Waals surface area (Å²) in [4.78, 5) is 29.4. The summed E-state index contributed by atoms with van der Waals surface area (Å²) in [5, 5.41) is 12.4. The number of carbonyl (C=O) groups excluding carboxylic acids is 1. The maximum Gasteiger partial charge on any atom is 0.326 e. The minimum absolute atomic E-state index is 0.116. The van der Waals surface area contributed by atoms with Gasteiger partial charge in [0, 0.05) is 17.5 Å². The Kier molecular flexibility index (Phi) is 4.63. The van der Waals surface area contributed by atoms with Gasteiger partial charge in [0.1, 0.15) is 11.0 Å². The molecule has 1 aromatic carbocycles. The van der Waals surface area contributed by atoms with Crippen LogP contribution in [0, 0.1) is 0 Å². The van der Waals surface area contributed by atoms with E-state index in [9.17, 15) is 9.59 Å². The number of halogens is 1. The van der Waals surface area contributed by atoms with Gasteiger partial charge in [-0.05, 0) is 18.9 Å². The maximum absolute atomic E-state index is 12.3. The first-order chi connectivity index (χ1) is 11.1. The number of nitrogens with zero attached hydrogens (tertiary/aromatic N) is 2. The lowest BCUT2D eigenvalue weighted by atomic mass is 10.2. The SMILES string of the molecule is O=C(O)[C@@H]1CCCN1C(=O)Cc1csc(-c2ccccc2Cl)n1. The van der Waals surface area contributed by atoms with Crippen molar-refractivity contribution >= 4 is 34.8 Å². The third-order valence-corrected chi connectivity index (χ3v) is 5.10. The molecule has 23 heavy (non-hydrogen) atoms. The maximum atomic E-state index is 12.3. The Morgan fingerprint density at radius 3 is 2.91 bits per heavy atom. The highest BCUT2D eigenvalue weighted by molar-refractivity contribution is 7.13. The molecule has 7 heteroatoms. The average molecular weight is 351 g/mol. The predicted octanol–water partition coefficient (Wildman–Crippen LogP) is 3.08. The highest BCUT2D eigenvalue weighted by Gasteiger charge is 2.33. The van der Waals surface area contributed by atoms with Gasteiger partial charge in [-0.25, -0.2) is 9.78 Å². The summed E-state index contributed by atoms with van der Waals surface area (Å²) in [5.41, 5.74) is 1.48. The van der Waals surface area contributed by atoms with E-state index in [-0.39, 0.29) is 12.3 Å². The summed E-state index contributed by atoms with van der Waals surface area (Å²) < 4.78 is 0. The zero-order valence-electron chi connectivity index (χ0n) is 12.2. The van der Waals surface area contributed by atoms with Gasteiger partial charge in [0.2, 0.25) is 5.91 Å². The highest BCUT2D eigenvalue weighted by Crippen LogP contribution is 2.30. The number of benzene rings is 1. The molecule has 1 N–H and O–H groups in total. The lowest BCUT2D eigenvalue weighted by molar-refractivity contribution is -0.148. The zero-order chi connectivity index (χ0) is 16.4. The van der Waals surface area contributed by atoms with Gasteiger partial charge in [-0.1, -0.05) is 29.8 Å². The monoisotopic (exact) mass is 350 g/mol. The number of carboxylic acids is 1. The summed E-state index contributed by atoms with van der Waals surface area (Å²) >= 11 is 7.58. The molecule has 2 heterocycles. The van der Waals surface area contributed by atoms with E-state index >= 15 is 0 Å². The summed E-state index contributed by atoms with van der Waals surface area (Å²) in [7, 11) is 0. The fourth-order valence-electron chi connectivity index (χ4n) is 2.72. The number of carbonyl (C=O) groups is 2. The van der Waals surface area contributed by atoms with Crippen molar-refractivity contribution in [1.82, 2.24) is 9.88 Å². The zero-order valence-corrected chi connectivity index (χ0v) is 13.8. The number of likely N-dealkylation sites (tertiary alicyclic amines) is 1. The molecule has 3 rings (SSSR count). The minimum atomic E-state index is -0.939. The molecule has 0 bridgehead atoms. The van der Waals surface area contributed by atoms with Crippen LogP contribution in [-0.2, 0) is 16.0 Å². The number of aromatic nitrogens is 1. The third kappa shape index (κ3) is 3.38. The van der Waals surface area contributed by atoms with Crippen LogP contribution in [0.2, 0.25) is 5.02 Å². The first kappa shape index (κ1) is 16.0. The van der Waals surface area contributed by atoms with Crippen LogP contribution >= 0.6 is 22.9 Å².